The number of rotatable bonds is 4. The molecule has 18 heavy (non-hydrogen) atoms. The summed E-state index contributed by atoms with van der Waals surface area (Å²) in [4.78, 5) is 2.55. The minimum Gasteiger partial charge on any atom is -0.307 e. The van der Waals surface area contributed by atoms with Crippen molar-refractivity contribution in [3.63, 3.8) is 0 Å². The van der Waals surface area contributed by atoms with Crippen LogP contribution < -0.4 is 5.32 Å². The quantitative estimate of drug-likeness (QED) is 0.644. The molecule has 0 bridgehead atoms. The van der Waals surface area contributed by atoms with Gasteiger partial charge in [-0.15, -0.1) is 12.3 Å². The van der Waals surface area contributed by atoms with E-state index in [2.05, 4.69) is 53.4 Å². The summed E-state index contributed by atoms with van der Waals surface area (Å²) in [6.07, 6.45) is 7.30. The standard InChI is InChI=1S/C16H22N2/c1-3-4-8-11-18-13-16(17-12-14(18)2)15-9-6-5-7-10-15/h1,5-7,9-10,14,16-17H,4,8,11-13H2,2H3. The summed E-state index contributed by atoms with van der Waals surface area (Å²) in [6, 6.07) is 11.7. The first kappa shape index (κ1) is 13.1. The second-order valence-corrected chi connectivity index (χ2v) is 5.02. The average Bonchev–Trinajstić information content (AvgIpc) is 2.42. The highest BCUT2D eigenvalue weighted by molar-refractivity contribution is 5.20. The van der Waals surface area contributed by atoms with Crippen LogP contribution in [0, 0.1) is 12.3 Å². The third-order valence-corrected chi connectivity index (χ3v) is 3.67. The van der Waals surface area contributed by atoms with Crippen molar-refractivity contribution in [2.75, 3.05) is 19.6 Å². The predicted octanol–water partition coefficient (Wildman–Crippen LogP) is 2.43. The van der Waals surface area contributed by atoms with Gasteiger partial charge < -0.3 is 5.32 Å². The van der Waals surface area contributed by atoms with Crippen molar-refractivity contribution in [3.05, 3.63) is 35.9 Å². The van der Waals surface area contributed by atoms with Crippen molar-refractivity contribution in [2.24, 2.45) is 0 Å². The molecule has 0 aliphatic carbocycles. The van der Waals surface area contributed by atoms with Crippen LogP contribution in [0.5, 0.6) is 0 Å². The van der Waals surface area contributed by atoms with E-state index in [9.17, 15) is 0 Å². The molecule has 1 aromatic rings. The molecular formula is C16H22N2. The van der Waals surface area contributed by atoms with E-state index in [0.717, 1.165) is 32.5 Å². The minimum atomic E-state index is 0.452. The van der Waals surface area contributed by atoms with E-state index in [-0.39, 0.29) is 0 Å². The molecule has 1 aliphatic heterocycles. The van der Waals surface area contributed by atoms with Crippen molar-refractivity contribution in [3.8, 4) is 12.3 Å². The molecule has 0 amide bonds. The first-order valence-corrected chi connectivity index (χ1v) is 6.77. The summed E-state index contributed by atoms with van der Waals surface area (Å²) in [5, 5.41) is 3.62. The van der Waals surface area contributed by atoms with Crippen LogP contribution in [0.1, 0.15) is 31.4 Å². The molecule has 2 unspecified atom stereocenters. The molecule has 2 heteroatoms. The third-order valence-electron chi connectivity index (χ3n) is 3.67. The fraction of sp³-hybridized carbons (Fsp3) is 0.500. The zero-order chi connectivity index (χ0) is 12.8. The van der Waals surface area contributed by atoms with Crippen LogP contribution in [0.3, 0.4) is 0 Å². The van der Waals surface area contributed by atoms with Gasteiger partial charge in [0, 0.05) is 31.6 Å². The van der Waals surface area contributed by atoms with E-state index >= 15 is 0 Å². The van der Waals surface area contributed by atoms with Crippen molar-refractivity contribution < 1.29 is 0 Å². The number of nitrogens with zero attached hydrogens (tertiary/aromatic N) is 1. The SMILES string of the molecule is C#CCCCN1CC(c2ccccc2)NCC1C. The molecule has 0 radical (unpaired) electrons. The van der Waals surface area contributed by atoms with Crippen LogP contribution in [0.2, 0.25) is 0 Å². The van der Waals surface area contributed by atoms with Gasteiger partial charge in [0.25, 0.3) is 0 Å². The van der Waals surface area contributed by atoms with Crippen LogP contribution >= 0.6 is 0 Å². The van der Waals surface area contributed by atoms with Crippen LogP contribution in [-0.2, 0) is 0 Å². The van der Waals surface area contributed by atoms with Gasteiger partial charge in [-0.05, 0) is 25.5 Å². The smallest absolute Gasteiger partial charge is 0.0449 e. The summed E-state index contributed by atoms with van der Waals surface area (Å²) in [5.74, 6) is 2.72. The molecule has 1 fully saturated rings. The van der Waals surface area contributed by atoms with Gasteiger partial charge in [0.05, 0.1) is 0 Å². The van der Waals surface area contributed by atoms with Crippen LogP contribution in [0.25, 0.3) is 0 Å². The Morgan fingerprint density at radius 2 is 2.17 bits per heavy atom. The van der Waals surface area contributed by atoms with E-state index in [1.165, 1.54) is 5.56 Å². The molecule has 0 saturated carbocycles. The normalized spacial score (nSPS) is 24.7. The van der Waals surface area contributed by atoms with Gasteiger partial charge in [-0.2, -0.15) is 0 Å². The lowest BCUT2D eigenvalue weighted by molar-refractivity contribution is 0.140. The number of benzene rings is 1. The summed E-state index contributed by atoms with van der Waals surface area (Å²) < 4.78 is 0. The zero-order valence-electron chi connectivity index (χ0n) is 11.1. The zero-order valence-corrected chi connectivity index (χ0v) is 11.1. The van der Waals surface area contributed by atoms with E-state index in [4.69, 9.17) is 6.42 Å². The Morgan fingerprint density at radius 3 is 2.89 bits per heavy atom. The lowest BCUT2D eigenvalue weighted by Crippen LogP contribution is -2.51. The highest BCUT2D eigenvalue weighted by Crippen LogP contribution is 2.19. The second-order valence-electron chi connectivity index (χ2n) is 5.02. The molecule has 1 aromatic carbocycles. The fourth-order valence-electron chi connectivity index (χ4n) is 2.53. The number of hydrogen-bond donors (Lipinski definition) is 1. The first-order chi connectivity index (χ1) is 8.81. The molecule has 96 valence electrons. The van der Waals surface area contributed by atoms with E-state index < -0.39 is 0 Å². The highest BCUT2D eigenvalue weighted by Gasteiger charge is 2.24. The van der Waals surface area contributed by atoms with Crippen LogP contribution in [0.4, 0.5) is 0 Å². The molecule has 2 nitrogen and oxygen atoms in total. The summed E-state index contributed by atoms with van der Waals surface area (Å²) in [6.45, 7) is 5.52. The number of terminal acetylenes is 1. The number of unbranched alkanes of at least 4 members (excludes halogenated alkanes) is 1. The van der Waals surface area contributed by atoms with Crippen LogP contribution in [0.15, 0.2) is 30.3 Å². The monoisotopic (exact) mass is 242 g/mol. The van der Waals surface area contributed by atoms with E-state index in [1.807, 2.05) is 0 Å². The Bertz CT molecular complexity index is 393. The van der Waals surface area contributed by atoms with Gasteiger partial charge in [-0.1, -0.05) is 30.3 Å². The molecule has 0 aromatic heterocycles. The summed E-state index contributed by atoms with van der Waals surface area (Å²) in [5.41, 5.74) is 1.38. The van der Waals surface area contributed by atoms with Crippen molar-refractivity contribution in [1.29, 1.82) is 0 Å². The minimum absolute atomic E-state index is 0.452. The lowest BCUT2D eigenvalue weighted by atomic mass is 10.0. The van der Waals surface area contributed by atoms with Crippen LogP contribution in [-0.4, -0.2) is 30.6 Å². The molecule has 1 N–H and O–H groups in total. The summed E-state index contributed by atoms with van der Waals surface area (Å²) in [7, 11) is 0. The largest absolute Gasteiger partial charge is 0.307 e. The molecule has 1 saturated heterocycles. The number of piperazine rings is 1. The van der Waals surface area contributed by atoms with Gasteiger partial charge in [-0.25, -0.2) is 0 Å². The third kappa shape index (κ3) is 3.35. The van der Waals surface area contributed by atoms with Crippen molar-refractivity contribution in [2.45, 2.75) is 31.8 Å². The molecular weight excluding hydrogens is 220 g/mol. The van der Waals surface area contributed by atoms with Gasteiger partial charge in [0.1, 0.15) is 0 Å². The fourth-order valence-corrected chi connectivity index (χ4v) is 2.53. The molecule has 1 heterocycles. The molecule has 1 aliphatic rings. The average molecular weight is 242 g/mol. The Labute approximate surface area is 110 Å². The van der Waals surface area contributed by atoms with Gasteiger partial charge >= 0.3 is 0 Å². The van der Waals surface area contributed by atoms with Gasteiger partial charge in [0.15, 0.2) is 0 Å². The maximum absolute atomic E-state index is 5.32. The summed E-state index contributed by atoms with van der Waals surface area (Å²) >= 11 is 0. The van der Waals surface area contributed by atoms with Gasteiger partial charge in [0.2, 0.25) is 0 Å². The number of hydrogen-bond acceptors (Lipinski definition) is 2. The Hall–Kier alpha value is -1.30. The highest BCUT2D eigenvalue weighted by atomic mass is 15.2. The molecule has 2 atom stereocenters. The maximum Gasteiger partial charge on any atom is 0.0449 e. The second kappa shape index (κ2) is 6.58. The van der Waals surface area contributed by atoms with Gasteiger partial charge in [-0.3, -0.25) is 4.90 Å². The maximum atomic E-state index is 5.32. The lowest BCUT2D eigenvalue weighted by Gasteiger charge is -2.39. The Morgan fingerprint density at radius 1 is 1.39 bits per heavy atom. The topological polar surface area (TPSA) is 15.3 Å². The van der Waals surface area contributed by atoms with Crippen molar-refractivity contribution >= 4 is 0 Å². The molecule has 0 spiro atoms. The number of nitrogens with one attached hydrogen (secondary N) is 1. The molecule has 2 rings (SSSR count). The Balaban J connectivity index is 1.94. The van der Waals surface area contributed by atoms with E-state index in [0.29, 0.717) is 12.1 Å². The Kier molecular flexibility index (Phi) is 4.81. The first-order valence-electron chi connectivity index (χ1n) is 6.77. The predicted molar refractivity (Wildman–Crippen MR) is 76.3 cm³/mol. The van der Waals surface area contributed by atoms with E-state index in [1.54, 1.807) is 0 Å². The van der Waals surface area contributed by atoms with Crippen molar-refractivity contribution in [1.82, 2.24) is 10.2 Å².